The van der Waals surface area contributed by atoms with Crippen molar-refractivity contribution in [1.82, 2.24) is 10.1 Å². The molecule has 20 heavy (non-hydrogen) atoms. The van der Waals surface area contributed by atoms with Crippen molar-refractivity contribution in [2.45, 2.75) is 37.5 Å². The van der Waals surface area contributed by atoms with Crippen LogP contribution in [0.5, 0.6) is 5.75 Å². The quantitative estimate of drug-likeness (QED) is 0.897. The van der Waals surface area contributed by atoms with E-state index in [-0.39, 0.29) is 11.2 Å². The van der Waals surface area contributed by atoms with Crippen molar-refractivity contribution in [2.75, 3.05) is 6.54 Å². The molecular formula is C15H19N3O2. The lowest BCUT2D eigenvalue weighted by atomic mass is 9.74. The SMILES string of the molecule is NCC1(c2nc(-c3ccc(O)cc3)no2)CCCCC1. The maximum atomic E-state index is 9.31. The predicted molar refractivity (Wildman–Crippen MR) is 75.2 cm³/mol. The summed E-state index contributed by atoms with van der Waals surface area (Å²) < 4.78 is 5.48. The third kappa shape index (κ3) is 2.29. The second kappa shape index (κ2) is 5.25. The molecule has 0 amide bonds. The molecule has 0 unspecified atom stereocenters. The molecule has 1 fully saturated rings. The van der Waals surface area contributed by atoms with Gasteiger partial charge in [0.1, 0.15) is 5.75 Å². The Morgan fingerprint density at radius 1 is 1.15 bits per heavy atom. The van der Waals surface area contributed by atoms with E-state index < -0.39 is 0 Å². The van der Waals surface area contributed by atoms with Gasteiger partial charge in [-0.2, -0.15) is 4.98 Å². The lowest BCUT2D eigenvalue weighted by molar-refractivity contribution is 0.220. The van der Waals surface area contributed by atoms with Crippen LogP contribution in [0.1, 0.15) is 38.0 Å². The molecule has 3 rings (SSSR count). The van der Waals surface area contributed by atoms with Gasteiger partial charge < -0.3 is 15.4 Å². The largest absolute Gasteiger partial charge is 0.508 e. The molecule has 0 radical (unpaired) electrons. The van der Waals surface area contributed by atoms with Gasteiger partial charge in [-0.25, -0.2) is 0 Å². The predicted octanol–water partition coefficient (Wildman–Crippen LogP) is 2.60. The van der Waals surface area contributed by atoms with Gasteiger partial charge in [0.05, 0.1) is 5.41 Å². The number of nitrogens with two attached hydrogens (primary N) is 1. The summed E-state index contributed by atoms with van der Waals surface area (Å²) in [6.45, 7) is 0.546. The molecule has 5 heteroatoms. The number of phenols is 1. The number of benzene rings is 1. The summed E-state index contributed by atoms with van der Waals surface area (Å²) in [7, 11) is 0. The van der Waals surface area contributed by atoms with E-state index in [0.29, 0.717) is 18.3 Å². The van der Waals surface area contributed by atoms with E-state index in [0.717, 1.165) is 31.2 Å². The Bertz CT molecular complexity index is 571. The van der Waals surface area contributed by atoms with E-state index in [1.165, 1.54) is 6.42 Å². The van der Waals surface area contributed by atoms with Crippen molar-refractivity contribution in [3.63, 3.8) is 0 Å². The van der Waals surface area contributed by atoms with Gasteiger partial charge in [-0.3, -0.25) is 0 Å². The maximum absolute atomic E-state index is 9.31. The van der Waals surface area contributed by atoms with Crippen molar-refractivity contribution in [3.8, 4) is 17.1 Å². The molecule has 1 saturated carbocycles. The van der Waals surface area contributed by atoms with Crippen LogP contribution < -0.4 is 5.73 Å². The van der Waals surface area contributed by atoms with Crippen LogP contribution in [0.15, 0.2) is 28.8 Å². The van der Waals surface area contributed by atoms with Gasteiger partial charge in [0.15, 0.2) is 0 Å². The van der Waals surface area contributed by atoms with Gasteiger partial charge in [0, 0.05) is 12.1 Å². The Balaban J connectivity index is 1.91. The van der Waals surface area contributed by atoms with Crippen LogP contribution in [0, 0.1) is 0 Å². The van der Waals surface area contributed by atoms with Crippen LogP contribution in [-0.2, 0) is 5.41 Å². The molecule has 5 nitrogen and oxygen atoms in total. The lowest BCUT2D eigenvalue weighted by Crippen LogP contribution is -2.37. The second-order valence-corrected chi connectivity index (χ2v) is 5.52. The zero-order chi connectivity index (χ0) is 14.0. The summed E-state index contributed by atoms with van der Waals surface area (Å²) in [5.41, 5.74) is 6.66. The molecule has 1 aliphatic carbocycles. The highest BCUT2D eigenvalue weighted by molar-refractivity contribution is 5.55. The van der Waals surface area contributed by atoms with Crippen LogP contribution in [0.25, 0.3) is 11.4 Å². The van der Waals surface area contributed by atoms with Crippen LogP contribution in [0.2, 0.25) is 0 Å². The minimum atomic E-state index is -0.152. The maximum Gasteiger partial charge on any atom is 0.234 e. The van der Waals surface area contributed by atoms with Crippen molar-refractivity contribution >= 4 is 0 Å². The Labute approximate surface area is 117 Å². The highest BCUT2D eigenvalue weighted by atomic mass is 16.5. The number of hydrogen-bond acceptors (Lipinski definition) is 5. The number of hydrogen-bond donors (Lipinski definition) is 2. The first-order valence-corrected chi connectivity index (χ1v) is 7.07. The molecular weight excluding hydrogens is 254 g/mol. The molecule has 0 bridgehead atoms. The Kier molecular flexibility index (Phi) is 3.44. The molecule has 1 aromatic heterocycles. The van der Waals surface area contributed by atoms with Crippen LogP contribution in [0.4, 0.5) is 0 Å². The summed E-state index contributed by atoms with van der Waals surface area (Å²) >= 11 is 0. The normalized spacial score (nSPS) is 18.1. The third-order valence-corrected chi connectivity index (χ3v) is 4.21. The van der Waals surface area contributed by atoms with Crippen molar-refractivity contribution < 1.29 is 9.63 Å². The zero-order valence-corrected chi connectivity index (χ0v) is 11.4. The zero-order valence-electron chi connectivity index (χ0n) is 11.4. The number of aromatic nitrogens is 2. The number of nitrogens with zero attached hydrogens (tertiary/aromatic N) is 2. The third-order valence-electron chi connectivity index (χ3n) is 4.21. The fraction of sp³-hybridized carbons (Fsp3) is 0.467. The van der Waals surface area contributed by atoms with E-state index in [1.807, 2.05) is 0 Å². The summed E-state index contributed by atoms with van der Waals surface area (Å²) in [5.74, 6) is 1.43. The summed E-state index contributed by atoms with van der Waals surface area (Å²) in [4.78, 5) is 4.54. The van der Waals surface area contributed by atoms with Gasteiger partial charge in [-0.05, 0) is 37.1 Å². The first-order valence-electron chi connectivity index (χ1n) is 7.07. The molecule has 2 aromatic rings. The Hall–Kier alpha value is -1.88. The summed E-state index contributed by atoms with van der Waals surface area (Å²) in [6.07, 6.45) is 5.60. The van der Waals surface area contributed by atoms with Crippen molar-refractivity contribution in [3.05, 3.63) is 30.2 Å². The van der Waals surface area contributed by atoms with E-state index in [9.17, 15) is 5.11 Å². The Morgan fingerprint density at radius 2 is 1.85 bits per heavy atom. The number of phenolic OH excluding ortho intramolecular Hbond substituents is 1. The Morgan fingerprint density at radius 3 is 2.50 bits per heavy atom. The minimum Gasteiger partial charge on any atom is -0.508 e. The molecule has 0 saturated heterocycles. The van der Waals surface area contributed by atoms with Crippen LogP contribution in [0.3, 0.4) is 0 Å². The number of rotatable bonds is 3. The van der Waals surface area contributed by atoms with Gasteiger partial charge in [0.25, 0.3) is 0 Å². The van der Waals surface area contributed by atoms with E-state index >= 15 is 0 Å². The van der Waals surface area contributed by atoms with Crippen molar-refractivity contribution in [1.29, 1.82) is 0 Å². The topological polar surface area (TPSA) is 85.2 Å². The van der Waals surface area contributed by atoms with Gasteiger partial charge >= 0.3 is 0 Å². The average Bonchev–Trinajstić information content (AvgIpc) is 2.99. The van der Waals surface area contributed by atoms with E-state index in [1.54, 1.807) is 24.3 Å². The minimum absolute atomic E-state index is 0.152. The standard InChI is InChI=1S/C15H19N3O2/c16-10-15(8-2-1-3-9-15)14-17-13(18-20-14)11-4-6-12(19)7-5-11/h4-7,19H,1-3,8-10,16H2. The molecule has 106 valence electrons. The first kappa shape index (κ1) is 13.1. The lowest BCUT2D eigenvalue weighted by Gasteiger charge is -2.32. The fourth-order valence-corrected chi connectivity index (χ4v) is 2.90. The fourth-order valence-electron chi connectivity index (χ4n) is 2.90. The molecule has 1 heterocycles. The van der Waals surface area contributed by atoms with Crippen molar-refractivity contribution in [2.24, 2.45) is 5.73 Å². The molecule has 0 atom stereocenters. The van der Waals surface area contributed by atoms with E-state index in [4.69, 9.17) is 10.3 Å². The van der Waals surface area contributed by atoms with Gasteiger partial charge in [-0.1, -0.05) is 24.4 Å². The molecule has 1 aromatic carbocycles. The second-order valence-electron chi connectivity index (χ2n) is 5.52. The number of aromatic hydroxyl groups is 1. The van der Waals surface area contributed by atoms with Crippen LogP contribution >= 0.6 is 0 Å². The summed E-state index contributed by atoms with van der Waals surface area (Å²) in [6, 6.07) is 6.79. The molecule has 1 aliphatic rings. The van der Waals surface area contributed by atoms with E-state index in [2.05, 4.69) is 10.1 Å². The molecule has 0 spiro atoms. The smallest absolute Gasteiger partial charge is 0.234 e. The molecule has 3 N–H and O–H groups in total. The highest BCUT2D eigenvalue weighted by Gasteiger charge is 2.38. The summed E-state index contributed by atoms with van der Waals surface area (Å²) in [5, 5.41) is 13.4. The van der Waals surface area contributed by atoms with Crippen LogP contribution in [-0.4, -0.2) is 21.8 Å². The highest BCUT2D eigenvalue weighted by Crippen LogP contribution is 2.38. The van der Waals surface area contributed by atoms with Gasteiger partial charge in [0.2, 0.25) is 11.7 Å². The van der Waals surface area contributed by atoms with Gasteiger partial charge in [-0.15, -0.1) is 0 Å². The average molecular weight is 273 g/mol. The molecule has 0 aliphatic heterocycles. The monoisotopic (exact) mass is 273 g/mol. The first-order chi connectivity index (χ1) is 9.73.